The lowest BCUT2D eigenvalue weighted by Crippen LogP contribution is -2.32. The van der Waals surface area contributed by atoms with Crippen LogP contribution in [0.3, 0.4) is 0 Å². The first-order valence-electron chi connectivity index (χ1n) is 11.5. The average molecular weight is 562 g/mol. The first kappa shape index (κ1) is 26.1. The zero-order valence-electron chi connectivity index (χ0n) is 20.0. The number of hydrogen-bond donors (Lipinski definition) is 2. The highest BCUT2D eigenvalue weighted by Crippen LogP contribution is 2.38. The highest BCUT2D eigenvalue weighted by molar-refractivity contribution is 8.04. The summed E-state index contributed by atoms with van der Waals surface area (Å²) in [6, 6.07) is 23.6. The third-order valence-electron chi connectivity index (χ3n) is 5.64. The number of imide groups is 1. The van der Waals surface area contributed by atoms with Crippen molar-refractivity contribution >= 4 is 58.1 Å². The number of halogens is 3. The molecule has 0 unspecified atom stereocenters. The molecule has 2 N–H and O–H groups in total. The van der Waals surface area contributed by atoms with Crippen LogP contribution in [-0.4, -0.2) is 17.7 Å². The van der Waals surface area contributed by atoms with Gasteiger partial charge in [0.1, 0.15) is 22.2 Å². The lowest BCUT2D eigenvalue weighted by atomic mass is 10.2. The minimum Gasteiger partial charge on any atom is -0.350 e. The van der Waals surface area contributed by atoms with E-state index in [1.165, 1.54) is 36.4 Å². The summed E-state index contributed by atoms with van der Waals surface area (Å²) >= 11 is 7.01. The predicted molar refractivity (Wildman–Crippen MR) is 148 cm³/mol. The van der Waals surface area contributed by atoms with Gasteiger partial charge in [-0.1, -0.05) is 35.5 Å². The van der Waals surface area contributed by atoms with E-state index in [4.69, 9.17) is 11.6 Å². The number of carbonyl (C=O) groups excluding carboxylic acids is 3. The van der Waals surface area contributed by atoms with Gasteiger partial charge in [-0.25, -0.2) is 13.7 Å². The second-order valence-corrected chi connectivity index (χ2v) is 9.87. The number of carbonyl (C=O) groups is 3. The van der Waals surface area contributed by atoms with Gasteiger partial charge in [0.25, 0.3) is 17.7 Å². The molecule has 6 nitrogen and oxygen atoms in total. The summed E-state index contributed by atoms with van der Waals surface area (Å²) < 4.78 is 26.9. The van der Waals surface area contributed by atoms with Gasteiger partial charge in [0.05, 0.1) is 5.69 Å². The third kappa shape index (κ3) is 5.84. The smallest absolute Gasteiger partial charge is 0.283 e. The Morgan fingerprint density at radius 3 is 2.13 bits per heavy atom. The van der Waals surface area contributed by atoms with Crippen molar-refractivity contribution < 1.29 is 23.2 Å². The summed E-state index contributed by atoms with van der Waals surface area (Å²) in [5.74, 6) is -2.60. The molecule has 0 bridgehead atoms. The van der Waals surface area contributed by atoms with Gasteiger partial charge in [-0.05, 0) is 84.9 Å². The van der Waals surface area contributed by atoms with Crippen molar-refractivity contribution in [2.24, 2.45) is 0 Å². The lowest BCUT2D eigenvalue weighted by Gasteiger charge is -2.15. The number of rotatable bonds is 7. The number of anilines is 3. The SMILES string of the molecule is O=C(Nc1cccc(SC2=C(Nc3ccc(F)cc3)C(=O)N(c3ccc(F)cc3)C2=O)c1)c1cccc(Cl)c1. The fraction of sp³-hybridized carbons (Fsp3) is 0. The number of nitrogens with zero attached hydrogens (tertiary/aromatic N) is 1. The molecular weight excluding hydrogens is 544 g/mol. The zero-order chi connectivity index (χ0) is 27.5. The molecule has 3 amide bonds. The van der Waals surface area contributed by atoms with E-state index in [0.29, 0.717) is 26.9 Å². The van der Waals surface area contributed by atoms with Crippen LogP contribution in [-0.2, 0) is 9.59 Å². The first-order chi connectivity index (χ1) is 18.8. The molecule has 39 heavy (non-hydrogen) atoms. The number of amides is 3. The van der Waals surface area contributed by atoms with E-state index >= 15 is 0 Å². The molecule has 10 heteroatoms. The van der Waals surface area contributed by atoms with E-state index in [1.807, 2.05) is 0 Å². The van der Waals surface area contributed by atoms with E-state index in [-0.39, 0.29) is 22.2 Å². The summed E-state index contributed by atoms with van der Waals surface area (Å²) in [7, 11) is 0. The molecule has 4 aromatic carbocycles. The van der Waals surface area contributed by atoms with Gasteiger partial charge in [-0.2, -0.15) is 0 Å². The second kappa shape index (κ2) is 11.1. The molecular formula is C29H18ClF2N3O3S. The van der Waals surface area contributed by atoms with Crippen molar-refractivity contribution in [2.75, 3.05) is 15.5 Å². The average Bonchev–Trinajstić information content (AvgIpc) is 3.14. The highest BCUT2D eigenvalue weighted by atomic mass is 35.5. The van der Waals surface area contributed by atoms with Gasteiger partial charge >= 0.3 is 0 Å². The van der Waals surface area contributed by atoms with E-state index in [2.05, 4.69) is 10.6 Å². The summed E-state index contributed by atoms with van der Waals surface area (Å²) in [5.41, 5.74) is 1.41. The molecule has 0 aliphatic carbocycles. The Labute approximate surface area is 231 Å². The molecule has 0 aromatic heterocycles. The van der Waals surface area contributed by atoms with Crippen LogP contribution in [0.5, 0.6) is 0 Å². The van der Waals surface area contributed by atoms with Gasteiger partial charge in [0.2, 0.25) is 0 Å². The van der Waals surface area contributed by atoms with E-state index in [9.17, 15) is 23.2 Å². The molecule has 0 saturated carbocycles. The van der Waals surface area contributed by atoms with Crippen molar-refractivity contribution in [2.45, 2.75) is 4.90 Å². The summed E-state index contributed by atoms with van der Waals surface area (Å²) in [6.45, 7) is 0. The third-order valence-corrected chi connectivity index (χ3v) is 6.95. The van der Waals surface area contributed by atoms with Crippen molar-refractivity contribution in [3.05, 3.63) is 130 Å². The van der Waals surface area contributed by atoms with Crippen LogP contribution in [0.2, 0.25) is 5.02 Å². The number of thioether (sulfide) groups is 1. The molecule has 0 saturated heterocycles. The minimum absolute atomic E-state index is 0.0192. The quantitative estimate of drug-likeness (QED) is 0.241. The maximum Gasteiger partial charge on any atom is 0.283 e. The summed E-state index contributed by atoms with van der Waals surface area (Å²) in [6.07, 6.45) is 0. The predicted octanol–water partition coefficient (Wildman–Crippen LogP) is 6.86. The lowest BCUT2D eigenvalue weighted by molar-refractivity contribution is -0.120. The molecule has 1 aliphatic heterocycles. The van der Waals surface area contributed by atoms with Crippen molar-refractivity contribution in [3.63, 3.8) is 0 Å². The van der Waals surface area contributed by atoms with Crippen LogP contribution in [0, 0.1) is 11.6 Å². The van der Waals surface area contributed by atoms with Crippen LogP contribution in [0.25, 0.3) is 0 Å². The van der Waals surface area contributed by atoms with Gasteiger partial charge in [0.15, 0.2) is 0 Å². The molecule has 0 atom stereocenters. The Hall–Kier alpha value is -4.47. The van der Waals surface area contributed by atoms with Crippen LogP contribution < -0.4 is 15.5 Å². The van der Waals surface area contributed by atoms with E-state index in [1.54, 1.807) is 48.5 Å². The number of benzene rings is 4. The fourth-order valence-electron chi connectivity index (χ4n) is 3.80. The monoisotopic (exact) mass is 561 g/mol. The van der Waals surface area contributed by atoms with Crippen LogP contribution in [0.1, 0.15) is 10.4 Å². The summed E-state index contributed by atoms with van der Waals surface area (Å²) in [5, 5.41) is 6.14. The van der Waals surface area contributed by atoms with Gasteiger partial charge < -0.3 is 10.6 Å². The second-order valence-electron chi connectivity index (χ2n) is 8.35. The van der Waals surface area contributed by atoms with Crippen LogP contribution in [0.15, 0.2) is 113 Å². The molecule has 0 radical (unpaired) electrons. The largest absolute Gasteiger partial charge is 0.350 e. The molecule has 0 spiro atoms. The Bertz CT molecular complexity index is 1630. The van der Waals surface area contributed by atoms with E-state index < -0.39 is 23.4 Å². The number of nitrogens with one attached hydrogen (secondary N) is 2. The standard InChI is InChI=1S/C29H18ClF2N3O3S/c30-18-4-1-3-17(15-18)27(36)34-22-5-2-6-24(16-22)39-26-25(33-21-11-7-19(31)8-12-21)28(37)35(29(26)38)23-13-9-20(32)10-14-23/h1-16,33H,(H,34,36). The first-order valence-corrected chi connectivity index (χ1v) is 12.7. The Morgan fingerprint density at radius 2 is 1.44 bits per heavy atom. The van der Waals surface area contributed by atoms with Gasteiger partial charge in [-0.3, -0.25) is 14.4 Å². The van der Waals surface area contributed by atoms with Gasteiger partial charge in [-0.15, -0.1) is 0 Å². The zero-order valence-corrected chi connectivity index (χ0v) is 21.5. The Kier molecular flexibility index (Phi) is 7.44. The fourth-order valence-corrected chi connectivity index (χ4v) is 4.98. The Balaban J connectivity index is 1.45. The van der Waals surface area contributed by atoms with Crippen molar-refractivity contribution in [3.8, 4) is 0 Å². The summed E-state index contributed by atoms with van der Waals surface area (Å²) in [4.78, 5) is 41.1. The molecule has 0 fully saturated rings. The Morgan fingerprint density at radius 1 is 0.769 bits per heavy atom. The minimum atomic E-state index is -0.649. The maximum absolute atomic E-state index is 13.5. The van der Waals surface area contributed by atoms with Crippen LogP contribution in [0.4, 0.5) is 25.8 Å². The maximum atomic E-state index is 13.5. The highest BCUT2D eigenvalue weighted by Gasteiger charge is 2.40. The van der Waals surface area contributed by atoms with Crippen LogP contribution >= 0.6 is 23.4 Å². The topological polar surface area (TPSA) is 78.5 Å². The number of hydrogen-bond acceptors (Lipinski definition) is 5. The molecule has 1 heterocycles. The van der Waals surface area contributed by atoms with Gasteiger partial charge in [0, 0.05) is 26.9 Å². The van der Waals surface area contributed by atoms with E-state index in [0.717, 1.165) is 28.8 Å². The molecule has 4 aromatic rings. The molecule has 194 valence electrons. The van der Waals surface area contributed by atoms with Crippen molar-refractivity contribution in [1.29, 1.82) is 0 Å². The molecule has 1 aliphatic rings. The molecule has 5 rings (SSSR count). The van der Waals surface area contributed by atoms with Crippen molar-refractivity contribution in [1.82, 2.24) is 0 Å². The normalized spacial score (nSPS) is 13.2.